The van der Waals surface area contributed by atoms with Gasteiger partial charge >= 0.3 is 6.09 Å². The van der Waals surface area contributed by atoms with Crippen LogP contribution in [0.5, 0.6) is 0 Å². The fourth-order valence-electron chi connectivity index (χ4n) is 2.57. The lowest BCUT2D eigenvalue weighted by atomic mass is 10.2. The number of nitrogens with two attached hydrogens (primary N) is 1. The minimum Gasteiger partial charge on any atom is -0.465 e. The van der Waals surface area contributed by atoms with Crippen LogP contribution in [0, 0.1) is 0 Å². The van der Waals surface area contributed by atoms with Gasteiger partial charge in [-0.1, -0.05) is 0 Å². The van der Waals surface area contributed by atoms with E-state index in [9.17, 15) is 4.79 Å². The van der Waals surface area contributed by atoms with E-state index < -0.39 is 6.09 Å². The van der Waals surface area contributed by atoms with Gasteiger partial charge in [-0.3, -0.25) is 5.10 Å². The Kier molecular flexibility index (Phi) is 3.53. The van der Waals surface area contributed by atoms with Crippen molar-refractivity contribution < 1.29 is 9.90 Å². The summed E-state index contributed by atoms with van der Waals surface area (Å²) >= 11 is 0. The molecule has 0 spiro atoms. The predicted octanol–water partition coefficient (Wildman–Crippen LogP) is 0.637. The second-order valence-corrected chi connectivity index (χ2v) is 5.22. The van der Waals surface area contributed by atoms with Crippen molar-refractivity contribution >= 4 is 17.9 Å². The molecule has 1 amide bonds. The van der Waals surface area contributed by atoms with E-state index in [2.05, 4.69) is 20.2 Å². The number of nitrogens with zero attached hydrogens (tertiary/aromatic N) is 5. The van der Waals surface area contributed by atoms with Gasteiger partial charge in [0.2, 0.25) is 5.95 Å². The molecule has 3 rings (SSSR count). The highest BCUT2D eigenvalue weighted by Gasteiger charge is 2.29. The lowest BCUT2D eigenvalue weighted by Gasteiger charge is -2.22. The lowest BCUT2D eigenvalue weighted by Crippen LogP contribution is -2.38. The molecule has 1 atom stereocenters. The number of H-pyrrole nitrogens is 1. The number of nitrogens with one attached hydrogen (secondary N) is 1. The number of nitrogen functional groups attached to an aromatic ring is 1. The van der Waals surface area contributed by atoms with Gasteiger partial charge in [-0.05, 0) is 12.5 Å². The molecular formula is C13H17N7O2. The van der Waals surface area contributed by atoms with Crippen molar-refractivity contribution in [1.82, 2.24) is 25.1 Å². The maximum absolute atomic E-state index is 11.0. The third-order valence-corrected chi connectivity index (χ3v) is 3.84. The maximum Gasteiger partial charge on any atom is 0.407 e. The minimum absolute atomic E-state index is 0.0516. The number of hydrogen-bond acceptors (Lipinski definition) is 6. The van der Waals surface area contributed by atoms with Crippen molar-refractivity contribution in [3.8, 4) is 11.4 Å². The van der Waals surface area contributed by atoms with Crippen molar-refractivity contribution in [1.29, 1.82) is 0 Å². The number of hydrogen-bond donors (Lipinski definition) is 3. The van der Waals surface area contributed by atoms with Crippen LogP contribution < -0.4 is 10.6 Å². The van der Waals surface area contributed by atoms with Gasteiger partial charge in [0.1, 0.15) is 5.82 Å². The molecule has 1 fully saturated rings. The Labute approximate surface area is 126 Å². The van der Waals surface area contributed by atoms with Crippen molar-refractivity contribution in [3.63, 3.8) is 0 Å². The molecule has 0 aliphatic carbocycles. The smallest absolute Gasteiger partial charge is 0.407 e. The highest BCUT2D eigenvalue weighted by Crippen LogP contribution is 2.25. The van der Waals surface area contributed by atoms with Crippen LogP contribution in [0.4, 0.5) is 16.6 Å². The van der Waals surface area contributed by atoms with Gasteiger partial charge in [-0.25, -0.2) is 9.78 Å². The molecule has 1 aliphatic heterocycles. The Hall–Kier alpha value is -2.84. The van der Waals surface area contributed by atoms with Crippen molar-refractivity contribution in [2.45, 2.75) is 12.5 Å². The van der Waals surface area contributed by atoms with Gasteiger partial charge in [0.15, 0.2) is 0 Å². The number of amides is 1. The zero-order valence-corrected chi connectivity index (χ0v) is 12.1. The molecular weight excluding hydrogens is 286 g/mol. The molecule has 1 unspecified atom stereocenters. The number of anilines is 2. The molecule has 22 heavy (non-hydrogen) atoms. The molecule has 2 aromatic heterocycles. The fourth-order valence-corrected chi connectivity index (χ4v) is 2.57. The zero-order chi connectivity index (χ0) is 15.7. The van der Waals surface area contributed by atoms with E-state index in [1.165, 1.54) is 4.90 Å². The van der Waals surface area contributed by atoms with Crippen molar-refractivity contribution in [2.75, 3.05) is 30.8 Å². The Balaban J connectivity index is 1.83. The molecule has 4 N–H and O–H groups in total. The number of likely N-dealkylation sites (N-methyl/N-ethyl adjacent to an activating group) is 1. The van der Waals surface area contributed by atoms with Crippen LogP contribution in [0.25, 0.3) is 11.4 Å². The van der Waals surface area contributed by atoms with Gasteiger partial charge in [-0.2, -0.15) is 10.1 Å². The van der Waals surface area contributed by atoms with Crippen molar-refractivity contribution in [3.05, 3.63) is 18.3 Å². The number of aromatic nitrogens is 4. The van der Waals surface area contributed by atoms with E-state index in [4.69, 9.17) is 10.8 Å². The maximum atomic E-state index is 11.0. The first-order valence-corrected chi connectivity index (χ1v) is 6.89. The zero-order valence-electron chi connectivity index (χ0n) is 12.1. The van der Waals surface area contributed by atoms with Crippen LogP contribution in [0.15, 0.2) is 18.3 Å². The number of carbonyl (C=O) groups is 1. The highest BCUT2D eigenvalue weighted by atomic mass is 16.4. The van der Waals surface area contributed by atoms with Crippen LogP contribution in [0.1, 0.15) is 6.42 Å². The van der Waals surface area contributed by atoms with Crippen LogP contribution in [-0.2, 0) is 0 Å². The largest absolute Gasteiger partial charge is 0.465 e. The van der Waals surface area contributed by atoms with E-state index in [0.29, 0.717) is 18.1 Å². The molecule has 0 radical (unpaired) electrons. The summed E-state index contributed by atoms with van der Waals surface area (Å²) in [6.45, 7) is 1.31. The first-order valence-electron chi connectivity index (χ1n) is 6.89. The molecule has 0 bridgehead atoms. The standard InChI is InChI=1S/C13H17N7O2/c1-19(13(21)22)8-3-5-20(7-8)11-6-10(16-12(14)17-11)9-2-4-15-18-9/h2,4,6,8H,3,5,7H2,1H3,(H,15,18)(H,21,22)(H2,14,16,17). The Morgan fingerprint density at radius 3 is 3.05 bits per heavy atom. The summed E-state index contributed by atoms with van der Waals surface area (Å²) in [7, 11) is 1.58. The van der Waals surface area contributed by atoms with Crippen LogP contribution >= 0.6 is 0 Å². The van der Waals surface area contributed by atoms with Crippen LogP contribution in [-0.4, -0.2) is 62.4 Å². The average molecular weight is 303 g/mol. The predicted molar refractivity (Wildman–Crippen MR) is 80.4 cm³/mol. The summed E-state index contributed by atoms with van der Waals surface area (Å²) < 4.78 is 0. The molecule has 0 aromatic carbocycles. The molecule has 1 saturated heterocycles. The molecule has 2 aromatic rings. The summed E-state index contributed by atoms with van der Waals surface area (Å²) in [6, 6.07) is 3.58. The highest BCUT2D eigenvalue weighted by molar-refractivity contribution is 5.65. The van der Waals surface area contributed by atoms with Gasteiger partial charge in [0.25, 0.3) is 0 Å². The van der Waals surface area contributed by atoms with Gasteiger partial charge in [-0.15, -0.1) is 0 Å². The molecule has 3 heterocycles. The summed E-state index contributed by atoms with van der Waals surface area (Å²) in [4.78, 5) is 22.8. The molecule has 9 nitrogen and oxygen atoms in total. The van der Waals surface area contributed by atoms with Crippen molar-refractivity contribution in [2.24, 2.45) is 0 Å². The second-order valence-electron chi connectivity index (χ2n) is 5.22. The fraction of sp³-hybridized carbons (Fsp3) is 0.385. The summed E-state index contributed by atoms with van der Waals surface area (Å²) in [5, 5.41) is 15.8. The SMILES string of the molecule is CN(C(=O)O)C1CCN(c2cc(-c3ccn[nH]3)nc(N)n2)C1. The molecule has 116 valence electrons. The average Bonchev–Trinajstić information content (AvgIpc) is 3.17. The molecule has 9 heteroatoms. The third-order valence-electron chi connectivity index (χ3n) is 3.84. The van der Waals surface area contributed by atoms with E-state index in [1.807, 2.05) is 11.0 Å². The Bertz CT molecular complexity index is 673. The summed E-state index contributed by atoms with van der Waals surface area (Å²) in [5.41, 5.74) is 7.21. The number of aromatic amines is 1. The molecule has 0 saturated carbocycles. The Morgan fingerprint density at radius 1 is 1.55 bits per heavy atom. The summed E-state index contributed by atoms with van der Waals surface area (Å²) in [5.74, 6) is 0.871. The lowest BCUT2D eigenvalue weighted by molar-refractivity contribution is 0.142. The van der Waals surface area contributed by atoms with Gasteiger partial charge in [0, 0.05) is 32.4 Å². The first kappa shape index (κ1) is 14.1. The quantitative estimate of drug-likeness (QED) is 0.759. The number of carboxylic acid groups (broad SMARTS) is 1. The third kappa shape index (κ3) is 2.65. The van der Waals surface area contributed by atoms with E-state index >= 15 is 0 Å². The topological polar surface area (TPSA) is 124 Å². The van der Waals surface area contributed by atoms with E-state index in [1.54, 1.807) is 19.3 Å². The monoisotopic (exact) mass is 303 g/mol. The molecule has 1 aliphatic rings. The van der Waals surface area contributed by atoms with Crippen LogP contribution in [0.2, 0.25) is 0 Å². The second kappa shape index (κ2) is 5.51. The van der Waals surface area contributed by atoms with Gasteiger partial charge in [0.05, 0.1) is 17.4 Å². The Morgan fingerprint density at radius 2 is 2.36 bits per heavy atom. The van der Waals surface area contributed by atoms with E-state index in [-0.39, 0.29) is 12.0 Å². The van der Waals surface area contributed by atoms with Crippen LogP contribution in [0.3, 0.4) is 0 Å². The summed E-state index contributed by atoms with van der Waals surface area (Å²) in [6.07, 6.45) is 1.47. The van der Waals surface area contributed by atoms with E-state index in [0.717, 1.165) is 18.7 Å². The normalized spacial score (nSPS) is 17.7. The number of rotatable bonds is 3. The minimum atomic E-state index is -0.924. The van der Waals surface area contributed by atoms with Gasteiger partial charge < -0.3 is 20.6 Å². The first-order chi connectivity index (χ1) is 10.5.